The molecule has 0 aliphatic heterocycles. The molecule has 6 nitrogen and oxygen atoms in total. The average Bonchev–Trinajstić information content (AvgIpc) is 2.35. The Morgan fingerprint density at radius 2 is 1.95 bits per heavy atom. The van der Waals surface area contributed by atoms with Gasteiger partial charge in [0.15, 0.2) is 6.10 Å². The second kappa shape index (κ2) is 6.79. The molecule has 1 unspecified atom stereocenters. The fraction of sp³-hybridized carbons (Fsp3) is 0.429. The monoisotopic (exact) mass is 279 g/mol. The number of nitrogens with one attached hydrogen (secondary N) is 2. The first-order valence-electron chi connectivity index (χ1n) is 6.47. The average molecular weight is 279 g/mol. The van der Waals surface area contributed by atoms with Crippen molar-refractivity contribution in [3.8, 4) is 5.75 Å². The van der Waals surface area contributed by atoms with Crippen LogP contribution in [0.4, 0.5) is 10.5 Å². The molecule has 1 atom stereocenters. The van der Waals surface area contributed by atoms with E-state index in [0.29, 0.717) is 18.0 Å². The maximum absolute atomic E-state index is 11.8. The number of hydrogen-bond donors (Lipinski definition) is 3. The van der Waals surface area contributed by atoms with Crippen LogP contribution in [0.25, 0.3) is 0 Å². The highest BCUT2D eigenvalue weighted by molar-refractivity contribution is 5.96. The van der Waals surface area contributed by atoms with Gasteiger partial charge in [0.1, 0.15) is 5.75 Å². The van der Waals surface area contributed by atoms with Crippen LogP contribution >= 0.6 is 0 Å². The molecule has 1 aromatic rings. The van der Waals surface area contributed by atoms with E-state index >= 15 is 0 Å². The number of ether oxygens (including phenoxy) is 1. The Hall–Kier alpha value is -2.24. The van der Waals surface area contributed by atoms with Gasteiger partial charge < -0.3 is 15.8 Å². The quantitative estimate of drug-likeness (QED) is 0.728. The van der Waals surface area contributed by atoms with Crippen LogP contribution in [0.15, 0.2) is 12.1 Å². The van der Waals surface area contributed by atoms with Crippen LogP contribution in [0.2, 0.25) is 0 Å². The largest absolute Gasteiger partial charge is 0.481 e. The summed E-state index contributed by atoms with van der Waals surface area (Å²) >= 11 is 0. The molecule has 1 rings (SSSR count). The summed E-state index contributed by atoms with van der Waals surface area (Å²) in [5, 5.41) is 4.68. The van der Waals surface area contributed by atoms with Crippen molar-refractivity contribution < 1.29 is 14.3 Å². The molecule has 1 aromatic carbocycles. The molecule has 0 heterocycles. The van der Waals surface area contributed by atoms with Gasteiger partial charge in [0.25, 0.3) is 5.91 Å². The van der Waals surface area contributed by atoms with E-state index < -0.39 is 18.0 Å². The van der Waals surface area contributed by atoms with Gasteiger partial charge in [0.05, 0.1) is 0 Å². The van der Waals surface area contributed by atoms with Gasteiger partial charge in [-0.25, -0.2) is 4.79 Å². The number of carbonyl (C=O) groups is 2. The third-order valence-corrected chi connectivity index (χ3v) is 2.81. The van der Waals surface area contributed by atoms with E-state index in [2.05, 4.69) is 10.6 Å². The molecular weight excluding hydrogens is 258 g/mol. The lowest BCUT2D eigenvalue weighted by atomic mass is 10.1. The van der Waals surface area contributed by atoms with E-state index in [1.165, 1.54) is 0 Å². The van der Waals surface area contributed by atoms with Crippen LogP contribution < -0.4 is 21.1 Å². The molecule has 6 heteroatoms. The maximum Gasteiger partial charge on any atom is 0.321 e. The number of benzene rings is 1. The summed E-state index contributed by atoms with van der Waals surface area (Å²) < 4.78 is 5.55. The van der Waals surface area contributed by atoms with Crippen molar-refractivity contribution in [2.45, 2.75) is 33.8 Å². The molecule has 0 fully saturated rings. The molecule has 0 aliphatic rings. The highest BCUT2D eigenvalue weighted by atomic mass is 16.5. The summed E-state index contributed by atoms with van der Waals surface area (Å²) in [6.45, 7) is 7.56. The van der Waals surface area contributed by atoms with Gasteiger partial charge in [0.2, 0.25) is 0 Å². The molecule has 0 saturated heterocycles. The van der Waals surface area contributed by atoms with Crippen LogP contribution in [-0.2, 0) is 4.79 Å². The van der Waals surface area contributed by atoms with Crippen molar-refractivity contribution >= 4 is 17.6 Å². The Kier molecular flexibility index (Phi) is 5.37. The molecule has 110 valence electrons. The fourth-order valence-electron chi connectivity index (χ4n) is 1.64. The summed E-state index contributed by atoms with van der Waals surface area (Å²) in [7, 11) is 0. The van der Waals surface area contributed by atoms with E-state index in [4.69, 9.17) is 10.5 Å². The van der Waals surface area contributed by atoms with E-state index in [0.717, 1.165) is 11.1 Å². The number of aryl methyl sites for hydroxylation is 2. The van der Waals surface area contributed by atoms with Crippen molar-refractivity contribution in [3.63, 3.8) is 0 Å². The Bertz CT molecular complexity index is 515. The minimum absolute atomic E-state index is 0.446. The third kappa shape index (κ3) is 4.15. The van der Waals surface area contributed by atoms with Gasteiger partial charge in [-0.3, -0.25) is 10.1 Å². The predicted octanol–water partition coefficient (Wildman–Crippen LogP) is 1.50. The minimum Gasteiger partial charge on any atom is -0.481 e. The van der Waals surface area contributed by atoms with Crippen LogP contribution in [0.5, 0.6) is 5.75 Å². The van der Waals surface area contributed by atoms with E-state index in [-0.39, 0.29) is 0 Å². The van der Waals surface area contributed by atoms with Gasteiger partial charge in [-0.2, -0.15) is 0 Å². The Morgan fingerprint density at radius 3 is 2.55 bits per heavy atom. The van der Waals surface area contributed by atoms with Crippen LogP contribution in [0, 0.1) is 13.8 Å². The van der Waals surface area contributed by atoms with Crippen LogP contribution in [-0.4, -0.2) is 24.6 Å². The molecule has 0 radical (unpaired) electrons. The van der Waals surface area contributed by atoms with Crippen molar-refractivity contribution in [1.29, 1.82) is 0 Å². The molecule has 0 saturated carbocycles. The van der Waals surface area contributed by atoms with Gasteiger partial charge >= 0.3 is 6.03 Å². The van der Waals surface area contributed by atoms with Crippen molar-refractivity contribution in [3.05, 3.63) is 23.3 Å². The highest BCUT2D eigenvalue weighted by Gasteiger charge is 2.18. The highest BCUT2D eigenvalue weighted by Crippen LogP contribution is 2.25. The molecule has 0 bridgehead atoms. The zero-order valence-corrected chi connectivity index (χ0v) is 12.2. The zero-order chi connectivity index (χ0) is 15.3. The number of anilines is 1. The molecule has 3 amide bonds. The maximum atomic E-state index is 11.8. The smallest absolute Gasteiger partial charge is 0.321 e. The summed E-state index contributed by atoms with van der Waals surface area (Å²) in [6.07, 6.45) is -0.793. The Balaban J connectivity index is 2.71. The van der Waals surface area contributed by atoms with Crippen molar-refractivity contribution in [2.24, 2.45) is 0 Å². The van der Waals surface area contributed by atoms with Gasteiger partial charge in [-0.05, 0) is 38.8 Å². The lowest BCUT2D eigenvalue weighted by Gasteiger charge is -2.17. The van der Waals surface area contributed by atoms with Crippen LogP contribution in [0.1, 0.15) is 25.0 Å². The molecule has 0 spiro atoms. The van der Waals surface area contributed by atoms with E-state index in [9.17, 15) is 9.59 Å². The summed E-state index contributed by atoms with van der Waals surface area (Å²) in [5.41, 5.74) is 8.25. The lowest BCUT2D eigenvalue weighted by Crippen LogP contribution is -2.45. The molecule has 4 N–H and O–H groups in total. The Morgan fingerprint density at radius 1 is 1.30 bits per heavy atom. The van der Waals surface area contributed by atoms with Gasteiger partial charge in [0, 0.05) is 18.3 Å². The number of hydrogen-bond acceptors (Lipinski definition) is 4. The number of rotatable bonds is 4. The summed E-state index contributed by atoms with van der Waals surface area (Å²) in [5.74, 6) is 0.0288. The topological polar surface area (TPSA) is 93.5 Å². The number of imide groups is 1. The normalized spacial score (nSPS) is 11.6. The molecular formula is C14H21N3O3. The molecule has 0 aliphatic carbocycles. The van der Waals surface area contributed by atoms with Crippen molar-refractivity contribution in [1.82, 2.24) is 10.6 Å². The minimum atomic E-state index is -0.793. The number of nitrogens with two attached hydrogens (primary N) is 1. The van der Waals surface area contributed by atoms with E-state index in [1.807, 2.05) is 19.9 Å². The summed E-state index contributed by atoms with van der Waals surface area (Å²) in [4.78, 5) is 23.0. The Labute approximate surface area is 118 Å². The first-order valence-corrected chi connectivity index (χ1v) is 6.47. The fourth-order valence-corrected chi connectivity index (χ4v) is 1.64. The molecule has 0 aromatic heterocycles. The number of nitrogen functional groups attached to an aromatic ring is 1. The second-order valence-corrected chi connectivity index (χ2v) is 4.58. The SMILES string of the molecule is CCNC(=O)NC(=O)C(C)Oc1cc(N)c(C)cc1C. The first kappa shape index (κ1) is 15.8. The number of urea groups is 1. The second-order valence-electron chi connectivity index (χ2n) is 4.58. The zero-order valence-electron chi connectivity index (χ0n) is 12.2. The van der Waals surface area contributed by atoms with Gasteiger partial charge in [-0.15, -0.1) is 0 Å². The predicted molar refractivity (Wildman–Crippen MR) is 77.6 cm³/mol. The molecule has 20 heavy (non-hydrogen) atoms. The number of carbonyl (C=O) groups excluding carboxylic acids is 2. The number of amides is 3. The van der Waals surface area contributed by atoms with E-state index in [1.54, 1.807) is 19.9 Å². The van der Waals surface area contributed by atoms with Crippen LogP contribution in [0.3, 0.4) is 0 Å². The van der Waals surface area contributed by atoms with Crippen molar-refractivity contribution in [2.75, 3.05) is 12.3 Å². The third-order valence-electron chi connectivity index (χ3n) is 2.81. The van der Waals surface area contributed by atoms with Gasteiger partial charge in [-0.1, -0.05) is 6.07 Å². The first-order chi connectivity index (χ1) is 9.35. The summed E-state index contributed by atoms with van der Waals surface area (Å²) in [6, 6.07) is 3.03. The lowest BCUT2D eigenvalue weighted by molar-refractivity contribution is -0.126. The standard InChI is InChI=1S/C14H21N3O3/c1-5-16-14(19)17-13(18)10(4)20-12-7-11(15)8(2)6-9(12)3/h6-7,10H,5,15H2,1-4H3,(H2,16,17,18,19).